The van der Waals surface area contributed by atoms with Crippen LogP contribution in [0.3, 0.4) is 0 Å². The van der Waals surface area contributed by atoms with Gasteiger partial charge in [0.25, 0.3) is 0 Å². The third kappa shape index (κ3) is 2.22. The van der Waals surface area contributed by atoms with Gasteiger partial charge in [-0.2, -0.15) is 0 Å². The number of methoxy groups -OCH3 is 1. The zero-order valence-electron chi connectivity index (χ0n) is 9.69. The predicted molar refractivity (Wildman–Crippen MR) is 59.7 cm³/mol. The highest BCUT2D eigenvalue weighted by Gasteiger charge is 2.19. The summed E-state index contributed by atoms with van der Waals surface area (Å²) in [7, 11) is 1.67. The number of hydrogen-bond acceptors (Lipinski definition) is 3. The number of fused-ring (bicyclic) bond motifs is 1. The minimum absolute atomic E-state index is 0.128. The summed E-state index contributed by atoms with van der Waals surface area (Å²) in [5.41, 5.74) is 3.32. The summed E-state index contributed by atoms with van der Waals surface area (Å²) < 4.78 is 5.07. The van der Waals surface area contributed by atoms with E-state index in [1.165, 1.54) is 0 Å². The van der Waals surface area contributed by atoms with Crippen molar-refractivity contribution < 1.29 is 9.53 Å². The van der Waals surface area contributed by atoms with Crippen molar-refractivity contribution >= 4 is 5.91 Å². The minimum atomic E-state index is 0.128. The maximum atomic E-state index is 11.3. The first kappa shape index (κ1) is 11.1. The first-order valence-electron chi connectivity index (χ1n) is 5.42. The molecular weight excluding hydrogens is 204 g/mol. The van der Waals surface area contributed by atoms with Crippen molar-refractivity contribution in [1.82, 2.24) is 9.88 Å². The van der Waals surface area contributed by atoms with Gasteiger partial charge in [0.2, 0.25) is 5.91 Å². The Balaban J connectivity index is 2.21. The summed E-state index contributed by atoms with van der Waals surface area (Å²) in [4.78, 5) is 17.6. The normalized spacial score (nSPS) is 14.8. The molecule has 1 amide bonds. The average molecular weight is 220 g/mol. The second-order valence-electron chi connectivity index (χ2n) is 4.07. The highest BCUT2D eigenvalue weighted by Crippen LogP contribution is 2.18. The van der Waals surface area contributed by atoms with Crippen LogP contribution in [-0.2, 0) is 29.1 Å². The molecule has 0 saturated heterocycles. The number of ether oxygens (including phenoxy) is 1. The third-order valence-electron chi connectivity index (χ3n) is 2.85. The number of nitrogens with zero attached hydrogens (tertiary/aromatic N) is 2. The first-order chi connectivity index (χ1) is 7.70. The van der Waals surface area contributed by atoms with Crippen molar-refractivity contribution in [1.29, 1.82) is 0 Å². The number of rotatable bonds is 2. The van der Waals surface area contributed by atoms with Crippen molar-refractivity contribution in [3.05, 3.63) is 29.1 Å². The van der Waals surface area contributed by atoms with Crippen LogP contribution in [-0.4, -0.2) is 29.4 Å². The molecule has 16 heavy (non-hydrogen) atoms. The molecule has 4 nitrogen and oxygen atoms in total. The van der Waals surface area contributed by atoms with Crippen LogP contribution in [0.25, 0.3) is 0 Å². The van der Waals surface area contributed by atoms with Crippen molar-refractivity contribution in [3.8, 4) is 0 Å². The molecule has 0 N–H and O–H groups in total. The second-order valence-corrected chi connectivity index (χ2v) is 4.07. The van der Waals surface area contributed by atoms with Gasteiger partial charge in [-0.15, -0.1) is 0 Å². The van der Waals surface area contributed by atoms with Gasteiger partial charge in [0, 0.05) is 45.4 Å². The van der Waals surface area contributed by atoms with Gasteiger partial charge in [-0.05, 0) is 17.2 Å². The lowest BCUT2D eigenvalue weighted by Crippen LogP contribution is -2.34. The SMILES string of the molecule is COCc1cnc2c(c1)CN(C(C)=O)CC2. The molecule has 2 rings (SSSR count). The lowest BCUT2D eigenvalue weighted by atomic mass is 10.0. The Morgan fingerprint density at radius 2 is 2.44 bits per heavy atom. The summed E-state index contributed by atoms with van der Waals surface area (Å²) in [6, 6.07) is 2.08. The van der Waals surface area contributed by atoms with E-state index in [1.54, 1.807) is 14.0 Å². The van der Waals surface area contributed by atoms with Gasteiger partial charge in [-0.3, -0.25) is 9.78 Å². The topological polar surface area (TPSA) is 42.4 Å². The first-order valence-corrected chi connectivity index (χ1v) is 5.42. The van der Waals surface area contributed by atoms with Crippen LogP contribution < -0.4 is 0 Å². The lowest BCUT2D eigenvalue weighted by Gasteiger charge is -2.27. The molecule has 0 unspecified atom stereocenters. The number of pyridine rings is 1. The predicted octanol–water partition coefficient (Wildman–Crippen LogP) is 1.13. The van der Waals surface area contributed by atoms with E-state index in [0.717, 1.165) is 29.8 Å². The monoisotopic (exact) mass is 220 g/mol. The van der Waals surface area contributed by atoms with Gasteiger partial charge in [0.1, 0.15) is 0 Å². The Kier molecular flexibility index (Phi) is 3.19. The summed E-state index contributed by atoms with van der Waals surface area (Å²) in [5.74, 6) is 0.128. The quantitative estimate of drug-likeness (QED) is 0.750. The maximum absolute atomic E-state index is 11.3. The molecule has 0 spiro atoms. The highest BCUT2D eigenvalue weighted by molar-refractivity contribution is 5.73. The second kappa shape index (κ2) is 4.61. The molecular formula is C12H16N2O2. The van der Waals surface area contributed by atoms with E-state index >= 15 is 0 Å². The van der Waals surface area contributed by atoms with Gasteiger partial charge in [0.15, 0.2) is 0 Å². The van der Waals surface area contributed by atoms with E-state index in [1.807, 2.05) is 11.1 Å². The number of aromatic nitrogens is 1. The Morgan fingerprint density at radius 1 is 1.62 bits per heavy atom. The molecule has 0 bridgehead atoms. The molecule has 0 fully saturated rings. The van der Waals surface area contributed by atoms with E-state index < -0.39 is 0 Å². The number of carbonyl (C=O) groups is 1. The van der Waals surface area contributed by atoms with E-state index in [-0.39, 0.29) is 5.91 Å². The maximum Gasteiger partial charge on any atom is 0.219 e. The van der Waals surface area contributed by atoms with Crippen molar-refractivity contribution in [2.45, 2.75) is 26.5 Å². The van der Waals surface area contributed by atoms with E-state index in [2.05, 4.69) is 11.1 Å². The molecule has 1 aliphatic rings. The Bertz CT molecular complexity index is 404. The fourth-order valence-electron chi connectivity index (χ4n) is 1.99. The molecule has 0 radical (unpaired) electrons. The summed E-state index contributed by atoms with van der Waals surface area (Å²) >= 11 is 0. The molecule has 2 heterocycles. The number of amides is 1. The molecule has 0 aromatic carbocycles. The zero-order chi connectivity index (χ0) is 11.5. The molecule has 0 aliphatic carbocycles. The smallest absolute Gasteiger partial charge is 0.219 e. The Morgan fingerprint density at radius 3 is 3.12 bits per heavy atom. The van der Waals surface area contributed by atoms with Crippen LogP contribution in [0.5, 0.6) is 0 Å². The van der Waals surface area contributed by atoms with E-state index in [0.29, 0.717) is 13.2 Å². The standard InChI is InChI=1S/C12H16N2O2/c1-9(15)14-4-3-12-11(7-14)5-10(6-13-12)8-16-2/h5-6H,3-4,7-8H2,1-2H3. The third-order valence-corrected chi connectivity index (χ3v) is 2.85. The van der Waals surface area contributed by atoms with Crippen molar-refractivity contribution in [2.75, 3.05) is 13.7 Å². The largest absolute Gasteiger partial charge is 0.380 e. The molecule has 0 saturated carbocycles. The van der Waals surface area contributed by atoms with Crippen molar-refractivity contribution in [2.24, 2.45) is 0 Å². The van der Waals surface area contributed by atoms with Crippen LogP contribution in [0.1, 0.15) is 23.7 Å². The fraction of sp³-hybridized carbons (Fsp3) is 0.500. The Labute approximate surface area is 95.2 Å². The summed E-state index contributed by atoms with van der Waals surface area (Å²) in [5, 5.41) is 0. The van der Waals surface area contributed by atoms with Crippen LogP contribution in [0.4, 0.5) is 0 Å². The van der Waals surface area contributed by atoms with Gasteiger partial charge in [-0.1, -0.05) is 0 Å². The number of carbonyl (C=O) groups excluding carboxylic acids is 1. The molecule has 1 aromatic heterocycles. The lowest BCUT2D eigenvalue weighted by molar-refractivity contribution is -0.129. The average Bonchev–Trinajstić information content (AvgIpc) is 2.28. The summed E-state index contributed by atoms with van der Waals surface area (Å²) in [6.07, 6.45) is 2.70. The molecule has 4 heteroatoms. The summed E-state index contributed by atoms with van der Waals surface area (Å²) in [6.45, 7) is 3.63. The van der Waals surface area contributed by atoms with Crippen molar-refractivity contribution in [3.63, 3.8) is 0 Å². The molecule has 1 aromatic rings. The minimum Gasteiger partial charge on any atom is -0.380 e. The Hall–Kier alpha value is -1.42. The van der Waals surface area contributed by atoms with E-state index in [9.17, 15) is 4.79 Å². The van der Waals surface area contributed by atoms with Gasteiger partial charge in [-0.25, -0.2) is 0 Å². The molecule has 0 atom stereocenters. The van der Waals surface area contributed by atoms with Gasteiger partial charge in [0.05, 0.1) is 6.61 Å². The van der Waals surface area contributed by atoms with Crippen LogP contribution >= 0.6 is 0 Å². The zero-order valence-corrected chi connectivity index (χ0v) is 9.69. The van der Waals surface area contributed by atoms with Crippen LogP contribution in [0.15, 0.2) is 12.3 Å². The fourth-order valence-corrected chi connectivity index (χ4v) is 1.99. The van der Waals surface area contributed by atoms with Crippen LogP contribution in [0, 0.1) is 0 Å². The molecule has 86 valence electrons. The molecule has 1 aliphatic heterocycles. The van der Waals surface area contributed by atoms with E-state index in [4.69, 9.17) is 4.74 Å². The van der Waals surface area contributed by atoms with Crippen LogP contribution in [0.2, 0.25) is 0 Å². The highest BCUT2D eigenvalue weighted by atomic mass is 16.5. The van der Waals surface area contributed by atoms with Gasteiger partial charge < -0.3 is 9.64 Å². The van der Waals surface area contributed by atoms with Gasteiger partial charge >= 0.3 is 0 Å². The number of hydrogen-bond donors (Lipinski definition) is 0.